The fourth-order valence-corrected chi connectivity index (χ4v) is 4.74. The first-order valence-corrected chi connectivity index (χ1v) is 11.6. The van der Waals surface area contributed by atoms with E-state index in [1.165, 1.54) is 4.90 Å². The van der Waals surface area contributed by atoms with Crippen LogP contribution in [0.25, 0.3) is 16.5 Å². The molecule has 6 heteroatoms. The van der Waals surface area contributed by atoms with Gasteiger partial charge in [0.2, 0.25) is 0 Å². The van der Waals surface area contributed by atoms with Crippen LogP contribution in [0.2, 0.25) is 5.02 Å². The van der Waals surface area contributed by atoms with Gasteiger partial charge in [-0.3, -0.25) is 14.5 Å². The number of Topliss-reactive ketones (excluding diaryl/α,β-unsaturated/α-hetero) is 1. The normalized spacial score (nSPS) is 17.2. The maximum atomic E-state index is 13.4. The van der Waals surface area contributed by atoms with E-state index in [0.717, 1.165) is 10.8 Å². The van der Waals surface area contributed by atoms with Crippen LogP contribution in [-0.4, -0.2) is 23.4 Å². The van der Waals surface area contributed by atoms with Crippen molar-refractivity contribution in [3.8, 4) is 5.75 Å². The zero-order valence-electron chi connectivity index (χ0n) is 18.9. The largest absolute Gasteiger partial charge is 0.507 e. The first-order chi connectivity index (χ1) is 17.0. The molecule has 1 atom stereocenters. The van der Waals surface area contributed by atoms with E-state index in [4.69, 9.17) is 16.3 Å². The number of amides is 1. The highest BCUT2D eigenvalue weighted by atomic mass is 35.5. The molecule has 1 fully saturated rings. The van der Waals surface area contributed by atoms with E-state index < -0.39 is 17.7 Å². The summed E-state index contributed by atoms with van der Waals surface area (Å²) < 4.78 is 5.67. The molecule has 1 aliphatic rings. The Morgan fingerprint density at radius 1 is 0.943 bits per heavy atom. The molecule has 35 heavy (non-hydrogen) atoms. The third kappa shape index (κ3) is 4.04. The Hall–Kier alpha value is -4.09. The zero-order valence-corrected chi connectivity index (χ0v) is 19.7. The summed E-state index contributed by atoms with van der Waals surface area (Å²) >= 11 is 6.22. The molecule has 4 aromatic rings. The van der Waals surface area contributed by atoms with E-state index in [9.17, 15) is 14.7 Å². The number of nitrogens with zero attached hydrogens (tertiary/aromatic N) is 1. The van der Waals surface area contributed by atoms with E-state index in [0.29, 0.717) is 34.2 Å². The van der Waals surface area contributed by atoms with Gasteiger partial charge < -0.3 is 9.84 Å². The number of aliphatic hydroxyl groups is 1. The van der Waals surface area contributed by atoms with Crippen LogP contribution in [0.5, 0.6) is 5.75 Å². The van der Waals surface area contributed by atoms with Gasteiger partial charge >= 0.3 is 0 Å². The van der Waals surface area contributed by atoms with Crippen LogP contribution in [-0.2, 0) is 9.59 Å². The Morgan fingerprint density at radius 2 is 1.69 bits per heavy atom. The molecule has 0 spiro atoms. The minimum Gasteiger partial charge on any atom is -0.507 e. The second kappa shape index (κ2) is 9.28. The molecular formula is C29H22ClNO4. The highest BCUT2D eigenvalue weighted by molar-refractivity contribution is 6.52. The van der Waals surface area contributed by atoms with Crippen molar-refractivity contribution in [2.45, 2.75) is 13.0 Å². The predicted molar refractivity (Wildman–Crippen MR) is 138 cm³/mol. The number of benzene rings is 4. The summed E-state index contributed by atoms with van der Waals surface area (Å²) in [5, 5.41) is 13.7. The van der Waals surface area contributed by atoms with Crippen molar-refractivity contribution in [1.82, 2.24) is 0 Å². The lowest BCUT2D eigenvalue weighted by atomic mass is 9.93. The monoisotopic (exact) mass is 483 g/mol. The molecule has 174 valence electrons. The lowest BCUT2D eigenvalue weighted by molar-refractivity contribution is -0.132. The number of ether oxygens (including phenoxy) is 1. The third-order valence-electron chi connectivity index (χ3n) is 6.06. The fraction of sp³-hybridized carbons (Fsp3) is 0.103. The van der Waals surface area contributed by atoms with Gasteiger partial charge in [0, 0.05) is 16.3 Å². The molecule has 5 nitrogen and oxygen atoms in total. The number of rotatable bonds is 5. The molecule has 0 saturated carbocycles. The van der Waals surface area contributed by atoms with Crippen molar-refractivity contribution in [1.29, 1.82) is 0 Å². The van der Waals surface area contributed by atoms with Crippen molar-refractivity contribution in [3.63, 3.8) is 0 Å². The molecule has 1 heterocycles. The van der Waals surface area contributed by atoms with Crippen molar-refractivity contribution >= 4 is 45.5 Å². The standard InChI is InChI=1S/C29H22ClNO4/c1-2-35-22-13-5-10-19(16-22)26-25(27(32)24-15-6-9-18-8-3-4-14-23(18)24)28(33)29(34)31(26)21-12-7-11-20(30)17-21/h3-17,26,32H,2H2,1H3/b27-25-. The van der Waals surface area contributed by atoms with Crippen molar-refractivity contribution in [2.24, 2.45) is 0 Å². The quantitative estimate of drug-likeness (QED) is 0.199. The molecular weight excluding hydrogens is 462 g/mol. The molecule has 5 rings (SSSR count). The summed E-state index contributed by atoms with van der Waals surface area (Å²) in [7, 11) is 0. The van der Waals surface area contributed by atoms with E-state index in [1.54, 1.807) is 42.5 Å². The first-order valence-electron chi connectivity index (χ1n) is 11.3. The fourth-order valence-electron chi connectivity index (χ4n) is 4.56. The van der Waals surface area contributed by atoms with Gasteiger partial charge in [0.05, 0.1) is 18.2 Å². The summed E-state index contributed by atoms with van der Waals surface area (Å²) in [6, 6.07) is 26.2. The Labute approximate surface area is 207 Å². The first kappa shape index (κ1) is 22.7. The molecule has 0 aliphatic carbocycles. The summed E-state index contributed by atoms with van der Waals surface area (Å²) in [6.07, 6.45) is 0. The van der Waals surface area contributed by atoms with Gasteiger partial charge in [0.15, 0.2) is 0 Å². The predicted octanol–water partition coefficient (Wildman–Crippen LogP) is 6.52. The Kier molecular flexibility index (Phi) is 6.01. The van der Waals surface area contributed by atoms with Crippen LogP contribution in [0.1, 0.15) is 24.1 Å². The lowest BCUT2D eigenvalue weighted by Crippen LogP contribution is -2.29. The van der Waals surface area contributed by atoms with Crippen molar-refractivity contribution in [3.05, 3.63) is 113 Å². The number of hydrogen-bond acceptors (Lipinski definition) is 4. The molecule has 0 bridgehead atoms. The molecule has 1 unspecified atom stereocenters. The Balaban J connectivity index is 1.77. The number of fused-ring (bicyclic) bond motifs is 1. The Morgan fingerprint density at radius 3 is 2.49 bits per heavy atom. The van der Waals surface area contributed by atoms with Crippen LogP contribution in [0.3, 0.4) is 0 Å². The zero-order chi connectivity index (χ0) is 24.5. The number of aliphatic hydroxyl groups excluding tert-OH is 1. The molecule has 0 aromatic heterocycles. The van der Waals surface area contributed by atoms with Gasteiger partial charge in [-0.2, -0.15) is 0 Å². The van der Waals surface area contributed by atoms with Crippen LogP contribution >= 0.6 is 11.6 Å². The molecule has 1 N–H and O–H groups in total. The van der Waals surface area contributed by atoms with Crippen LogP contribution in [0.15, 0.2) is 96.6 Å². The highest BCUT2D eigenvalue weighted by Crippen LogP contribution is 2.44. The SMILES string of the molecule is CCOc1cccc(C2/C(=C(/O)c3cccc4ccccc34)C(=O)C(=O)N2c2cccc(Cl)c2)c1. The molecule has 1 saturated heterocycles. The summed E-state index contributed by atoms with van der Waals surface area (Å²) in [5.41, 5.74) is 1.60. The van der Waals surface area contributed by atoms with E-state index >= 15 is 0 Å². The smallest absolute Gasteiger partial charge is 0.300 e. The third-order valence-corrected chi connectivity index (χ3v) is 6.30. The van der Waals surface area contributed by atoms with E-state index in [2.05, 4.69) is 0 Å². The summed E-state index contributed by atoms with van der Waals surface area (Å²) in [6.45, 7) is 2.35. The average Bonchev–Trinajstić information content (AvgIpc) is 3.14. The van der Waals surface area contributed by atoms with Crippen molar-refractivity contribution in [2.75, 3.05) is 11.5 Å². The van der Waals surface area contributed by atoms with Gasteiger partial charge in [-0.25, -0.2) is 0 Å². The number of carbonyl (C=O) groups is 2. The van der Waals surface area contributed by atoms with Crippen molar-refractivity contribution < 1.29 is 19.4 Å². The van der Waals surface area contributed by atoms with Crippen LogP contribution in [0.4, 0.5) is 5.69 Å². The average molecular weight is 484 g/mol. The number of anilines is 1. The van der Waals surface area contributed by atoms with Crippen LogP contribution in [0, 0.1) is 0 Å². The number of hydrogen-bond donors (Lipinski definition) is 1. The van der Waals surface area contributed by atoms with Gasteiger partial charge in [-0.05, 0) is 53.6 Å². The minimum atomic E-state index is -0.868. The Bertz CT molecular complexity index is 1490. The maximum absolute atomic E-state index is 13.4. The number of halogens is 1. The second-order valence-corrected chi connectivity index (χ2v) is 8.62. The van der Waals surface area contributed by atoms with Gasteiger partial charge in [-0.15, -0.1) is 0 Å². The summed E-state index contributed by atoms with van der Waals surface area (Å²) in [5.74, 6) is -1.12. The highest BCUT2D eigenvalue weighted by Gasteiger charge is 2.47. The number of ketones is 1. The second-order valence-electron chi connectivity index (χ2n) is 8.18. The summed E-state index contributed by atoms with van der Waals surface area (Å²) in [4.78, 5) is 28.2. The maximum Gasteiger partial charge on any atom is 0.300 e. The van der Waals surface area contributed by atoms with Gasteiger partial charge in [0.25, 0.3) is 11.7 Å². The van der Waals surface area contributed by atoms with E-state index in [-0.39, 0.29) is 11.3 Å². The number of carbonyl (C=O) groups excluding carboxylic acids is 2. The lowest BCUT2D eigenvalue weighted by Gasteiger charge is -2.26. The molecule has 0 radical (unpaired) electrons. The van der Waals surface area contributed by atoms with Crippen LogP contribution < -0.4 is 9.64 Å². The topological polar surface area (TPSA) is 66.8 Å². The minimum absolute atomic E-state index is 0.0139. The van der Waals surface area contributed by atoms with E-state index in [1.807, 2.05) is 55.5 Å². The van der Waals surface area contributed by atoms with Gasteiger partial charge in [0.1, 0.15) is 11.5 Å². The molecule has 1 aliphatic heterocycles. The van der Waals surface area contributed by atoms with Gasteiger partial charge in [-0.1, -0.05) is 72.3 Å². The molecule has 4 aromatic carbocycles. The molecule has 1 amide bonds.